The number of carbonyl (C=O) groups excluding carboxylic acids is 2. The van der Waals surface area contributed by atoms with Crippen LogP contribution in [0.15, 0.2) is 30.3 Å². The first-order chi connectivity index (χ1) is 12.1. The van der Waals surface area contributed by atoms with Crippen molar-refractivity contribution < 1.29 is 14.7 Å². The van der Waals surface area contributed by atoms with Crippen LogP contribution >= 0.6 is 0 Å². The zero-order valence-electron chi connectivity index (χ0n) is 15.0. The van der Waals surface area contributed by atoms with Crippen molar-refractivity contribution in [2.24, 2.45) is 5.92 Å². The predicted octanol–water partition coefficient (Wildman–Crippen LogP) is 2.70. The smallest absolute Gasteiger partial charge is 0.242 e. The molecule has 138 valence electrons. The van der Waals surface area contributed by atoms with Crippen molar-refractivity contribution >= 4 is 11.8 Å². The molecule has 2 atom stereocenters. The number of nitrogens with one attached hydrogen (secondary N) is 2. The maximum Gasteiger partial charge on any atom is 0.242 e. The number of aliphatic hydroxyl groups is 1. The fourth-order valence-corrected chi connectivity index (χ4v) is 3.45. The molecule has 1 aromatic rings. The van der Waals surface area contributed by atoms with Gasteiger partial charge in [0, 0.05) is 13.0 Å². The summed E-state index contributed by atoms with van der Waals surface area (Å²) in [5.41, 5.74) is 0.950. The quantitative estimate of drug-likeness (QED) is 0.677. The van der Waals surface area contributed by atoms with Crippen LogP contribution in [0.1, 0.15) is 63.5 Å². The molecule has 25 heavy (non-hydrogen) atoms. The lowest BCUT2D eigenvalue weighted by molar-refractivity contribution is -0.129. The summed E-state index contributed by atoms with van der Waals surface area (Å²) >= 11 is 0. The van der Waals surface area contributed by atoms with Crippen molar-refractivity contribution in [3.8, 4) is 0 Å². The Bertz CT molecular complexity index is 541. The summed E-state index contributed by atoms with van der Waals surface area (Å²) in [6.45, 7) is 1.69. The lowest BCUT2D eigenvalue weighted by Crippen LogP contribution is -2.46. The predicted molar refractivity (Wildman–Crippen MR) is 97.8 cm³/mol. The van der Waals surface area contributed by atoms with Crippen LogP contribution in [0.5, 0.6) is 0 Å². The summed E-state index contributed by atoms with van der Waals surface area (Å²) < 4.78 is 0. The standard InChI is InChI=1S/C20H30N2O3/c1-15(21-19(24)14-16-8-4-2-5-9-16)20(25)22-18(12-13-23)17-10-6-3-7-11-17/h3,6-7,10-11,15-16,18,23H,2,4-5,8-9,12-14H2,1H3,(H,21,24)(H,22,25). The molecule has 0 heterocycles. The molecule has 1 aliphatic carbocycles. The summed E-state index contributed by atoms with van der Waals surface area (Å²) in [5, 5.41) is 15.0. The Morgan fingerprint density at radius 2 is 1.80 bits per heavy atom. The van der Waals surface area contributed by atoms with E-state index in [0.29, 0.717) is 18.8 Å². The molecule has 0 spiro atoms. The fourth-order valence-electron chi connectivity index (χ4n) is 3.45. The van der Waals surface area contributed by atoms with E-state index in [1.54, 1.807) is 6.92 Å². The van der Waals surface area contributed by atoms with Crippen molar-refractivity contribution in [2.75, 3.05) is 6.61 Å². The average molecular weight is 346 g/mol. The summed E-state index contributed by atoms with van der Waals surface area (Å²) in [5.74, 6) is 0.183. The van der Waals surface area contributed by atoms with Gasteiger partial charge in [-0.25, -0.2) is 0 Å². The summed E-state index contributed by atoms with van der Waals surface area (Å²) in [6.07, 6.45) is 6.85. The zero-order valence-corrected chi connectivity index (χ0v) is 15.0. The van der Waals surface area contributed by atoms with Gasteiger partial charge in [-0.05, 0) is 37.7 Å². The van der Waals surface area contributed by atoms with E-state index in [-0.39, 0.29) is 24.5 Å². The van der Waals surface area contributed by atoms with Crippen molar-refractivity contribution in [2.45, 2.75) is 64.0 Å². The van der Waals surface area contributed by atoms with E-state index in [1.807, 2.05) is 30.3 Å². The minimum Gasteiger partial charge on any atom is -0.396 e. The second-order valence-corrected chi connectivity index (χ2v) is 6.98. The normalized spacial score (nSPS) is 17.5. The minimum absolute atomic E-state index is 0.0116. The molecule has 3 N–H and O–H groups in total. The molecule has 2 rings (SSSR count). The van der Waals surface area contributed by atoms with Gasteiger partial charge in [0.15, 0.2) is 0 Å². The molecule has 2 unspecified atom stereocenters. The molecular weight excluding hydrogens is 316 g/mol. The van der Waals surface area contributed by atoms with Gasteiger partial charge in [-0.15, -0.1) is 0 Å². The van der Waals surface area contributed by atoms with Gasteiger partial charge < -0.3 is 15.7 Å². The van der Waals surface area contributed by atoms with Crippen LogP contribution in [0.25, 0.3) is 0 Å². The maximum atomic E-state index is 12.4. The Kier molecular flexibility index (Phi) is 7.92. The Morgan fingerprint density at radius 3 is 2.44 bits per heavy atom. The van der Waals surface area contributed by atoms with Gasteiger partial charge in [0.25, 0.3) is 0 Å². The highest BCUT2D eigenvalue weighted by molar-refractivity contribution is 5.87. The van der Waals surface area contributed by atoms with Crippen molar-refractivity contribution in [1.82, 2.24) is 10.6 Å². The van der Waals surface area contributed by atoms with Gasteiger partial charge >= 0.3 is 0 Å². The van der Waals surface area contributed by atoms with Gasteiger partial charge in [0.2, 0.25) is 11.8 Å². The largest absolute Gasteiger partial charge is 0.396 e. The number of hydrogen-bond acceptors (Lipinski definition) is 3. The highest BCUT2D eigenvalue weighted by Gasteiger charge is 2.22. The van der Waals surface area contributed by atoms with Gasteiger partial charge in [-0.1, -0.05) is 49.6 Å². The first-order valence-corrected chi connectivity index (χ1v) is 9.35. The van der Waals surface area contributed by atoms with Crippen LogP contribution < -0.4 is 10.6 Å². The molecule has 5 heteroatoms. The number of hydrogen-bond donors (Lipinski definition) is 3. The minimum atomic E-state index is -0.582. The molecule has 0 aliphatic heterocycles. The number of rotatable bonds is 8. The summed E-state index contributed by atoms with van der Waals surface area (Å²) in [6, 6.07) is 8.73. The Balaban J connectivity index is 1.84. The Morgan fingerprint density at radius 1 is 1.12 bits per heavy atom. The van der Waals surface area contributed by atoms with Crippen molar-refractivity contribution in [3.05, 3.63) is 35.9 Å². The summed E-state index contributed by atoms with van der Waals surface area (Å²) in [7, 11) is 0. The lowest BCUT2D eigenvalue weighted by atomic mass is 9.87. The van der Waals surface area contributed by atoms with E-state index in [0.717, 1.165) is 18.4 Å². The highest BCUT2D eigenvalue weighted by Crippen LogP contribution is 2.26. The zero-order chi connectivity index (χ0) is 18.1. The van der Waals surface area contributed by atoms with Gasteiger partial charge in [-0.2, -0.15) is 0 Å². The van der Waals surface area contributed by atoms with Gasteiger partial charge in [0.05, 0.1) is 6.04 Å². The molecule has 1 fully saturated rings. The molecule has 0 radical (unpaired) electrons. The molecule has 1 aliphatic rings. The second-order valence-electron chi connectivity index (χ2n) is 6.98. The van der Waals surface area contributed by atoms with E-state index in [9.17, 15) is 14.7 Å². The van der Waals surface area contributed by atoms with Crippen LogP contribution in [0.3, 0.4) is 0 Å². The maximum absolute atomic E-state index is 12.4. The molecule has 5 nitrogen and oxygen atoms in total. The molecule has 0 aromatic heterocycles. The SMILES string of the molecule is CC(NC(=O)CC1CCCCC1)C(=O)NC(CCO)c1ccccc1. The van der Waals surface area contributed by atoms with E-state index in [2.05, 4.69) is 10.6 Å². The van der Waals surface area contributed by atoms with Crippen LogP contribution in [0.4, 0.5) is 0 Å². The van der Waals surface area contributed by atoms with Gasteiger partial charge in [-0.3, -0.25) is 9.59 Å². The van der Waals surface area contributed by atoms with Crippen molar-refractivity contribution in [1.29, 1.82) is 0 Å². The van der Waals surface area contributed by atoms with Crippen molar-refractivity contribution in [3.63, 3.8) is 0 Å². The number of benzene rings is 1. The number of carbonyl (C=O) groups is 2. The third-order valence-electron chi connectivity index (χ3n) is 4.91. The number of amides is 2. The third kappa shape index (κ3) is 6.50. The Labute approximate surface area is 150 Å². The highest BCUT2D eigenvalue weighted by atomic mass is 16.3. The molecule has 1 aromatic carbocycles. The molecule has 2 amide bonds. The van der Waals surface area contributed by atoms with Crippen LogP contribution in [0.2, 0.25) is 0 Å². The summed E-state index contributed by atoms with van der Waals surface area (Å²) in [4.78, 5) is 24.6. The van der Waals surface area contributed by atoms with Gasteiger partial charge in [0.1, 0.15) is 6.04 Å². The lowest BCUT2D eigenvalue weighted by Gasteiger charge is -2.23. The van der Waals surface area contributed by atoms with E-state index in [4.69, 9.17) is 0 Å². The Hall–Kier alpha value is -1.88. The van der Waals surface area contributed by atoms with Crippen LogP contribution in [-0.4, -0.2) is 29.6 Å². The first kappa shape index (κ1) is 19.4. The molecular formula is C20H30N2O3. The van der Waals surface area contributed by atoms with Crippen LogP contribution in [-0.2, 0) is 9.59 Å². The van der Waals surface area contributed by atoms with Crippen LogP contribution in [0, 0.1) is 5.92 Å². The van der Waals surface area contributed by atoms with E-state index in [1.165, 1.54) is 19.3 Å². The fraction of sp³-hybridized carbons (Fsp3) is 0.600. The monoisotopic (exact) mass is 346 g/mol. The average Bonchev–Trinajstić information content (AvgIpc) is 2.62. The molecule has 0 saturated heterocycles. The number of aliphatic hydroxyl groups excluding tert-OH is 1. The molecule has 1 saturated carbocycles. The van der Waals surface area contributed by atoms with E-state index < -0.39 is 6.04 Å². The third-order valence-corrected chi connectivity index (χ3v) is 4.91. The topological polar surface area (TPSA) is 78.4 Å². The first-order valence-electron chi connectivity index (χ1n) is 9.35. The van der Waals surface area contributed by atoms with E-state index >= 15 is 0 Å². The second kappa shape index (κ2) is 10.2. The molecule has 0 bridgehead atoms.